The van der Waals surface area contributed by atoms with Crippen LogP contribution in [-0.4, -0.2) is 21.5 Å². The first-order chi connectivity index (χ1) is 14.8. The molecule has 0 bridgehead atoms. The van der Waals surface area contributed by atoms with Crippen LogP contribution in [0.1, 0.15) is 15.9 Å². The lowest BCUT2D eigenvalue weighted by atomic mass is 10.1. The van der Waals surface area contributed by atoms with Crippen molar-refractivity contribution in [2.45, 2.75) is 0 Å². The summed E-state index contributed by atoms with van der Waals surface area (Å²) in [6, 6.07) is 23.9. The summed E-state index contributed by atoms with van der Waals surface area (Å²) in [6.45, 7) is 0. The summed E-state index contributed by atoms with van der Waals surface area (Å²) in [6.07, 6.45) is 1.52. The molecular formula is C24H14N4OS. The van der Waals surface area contributed by atoms with E-state index in [4.69, 9.17) is 0 Å². The molecule has 6 heteroatoms. The highest BCUT2D eigenvalue weighted by Crippen LogP contribution is 2.35. The van der Waals surface area contributed by atoms with Gasteiger partial charge in [0, 0.05) is 21.4 Å². The molecule has 6 rings (SSSR count). The van der Waals surface area contributed by atoms with Crippen molar-refractivity contribution in [1.82, 2.24) is 9.97 Å². The Morgan fingerprint density at radius 2 is 1.67 bits per heavy atom. The van der Waals surface area contributed by atoms with Gasteiger partial charge in [-0.05, 0) is 17.0 Å². The molecule has 0 atom stereocenters. The van der Waals surface area contributed by atoms with Gasteiger partial charge in [-0.15, -0.1) is 11.3 Å². The van der Waals surface area contributed by atoms with Crippen LogP contribution in [-0.2, 0) is 0 Å². The molecule has 0 saturated carbocycles. The molecule has 0 spiro atoms. The maximum absolute atomic E-state index is 12.9. The minimum absolute atomic E-state index is 0.0742. The van der Waals surface area contributed by atoms with Crippen LogP contribution in [0.3, 0.4) is 0 Å². The highest BCUT2D eigenvalue weighted by atomic mass is 32.1. The summed E-state index contributed by atoms with van der Waals surface area (Å²) in [5.74, 6) is 0.511. The van der Waals surface area contributed by atoms with Gasteiger partial charge in [-0.2, -0.15) is 5.10 Å². The maximum Gasteiger partial charge on any atom is 0.214 e. The highest BCUT2D eigenvalue weighted by molar-refractivity contribution is 7.21. The van der Waals surface area contributed by atoms with Crippen LogP contribution in [0.15, 0.2) is 84.2 Å². The normalized spacial score (nSPS) is 14.1. The predicted molar refractivity (Wildman–Crippen MR) is 121 cm³/mol. The number of Topliss-reactive ketones (excluding diaryl/α,β-unsaturated/α-hetero) is 1. The summed E-state index contributed by atoms with van der Waals surface area (Å²) in [7, 11) is 0. The third-order valence-electron chi connectivity index (χ3n) is 5.28. The monoisotopic (exact) mass is 406 g/mol. The average molecular weight is 406 g/mol. The van der Waals surface area contributed by atoms with E-state index in [0.29, 0.717) is 17.1 Å². The minimum atomic E-state index is -0.0742. The fraction of sp³-hybridized carbons (Fsp3) is 0. The van der Waals surface area contributed by atoms with Crippen molar-refractivity contribution >= 4 is 49.6 Å². The van der Waals surface area contributed by atoms with Crippen LogP contribution in [0.4, 0.5) is 5.82 Å². The minimum Gasteiger partial charge on any atom is -0.287 e. The molecule has 30 heavy (non-hydrogen) atoms. The van der Waals surface area contributed by atoms with Gasteiger partial charge in [-0.25, -0.2) is 9.97 Å². The van der Waals surface area contributed by atoms with Crippen molar-refractivity contribution in [3.63, 3.8) is 0 Å². The topological polar surface area (TPSA) is 67.2 Å². The molecule has 0 aliphatic heterocycles. The molecule has 0 fully saturated rings. The van der Waals surface area contributed by atoms with Crippen molar-refractivity contribution in [2.75, 3.05) is 5.43 Å². The molecule has 5 nitrogen and oxygen atoms in total. The standard InChI is InChI=1S/C24H14N4OS/c29-22-17-11-5-9-15-8-4-10-16(20(15)17)21(22)27-28-23-18-12-19(14-6-2-1-3-7-14)30-24(18)26-13-25-23/h1-13H,(H,25,26,28)/b27-21-. The van der Waals surface area contributed by atoms with Crippen LogP contribution in [0.25, 0.3) is 31.4 Å². The third kappa shape index (κ3) is 2.54. The van der Waals surface area contributed by atoms with E-state index >= 15 is 0 Å². The second kappa shape index (κ2) is 6.57. The molecule has 3 aromatic carbocycles. The molecule has 0 amide bonds. The molecule has 142 valence electrons. The van der Waals surface area contributed by atoms with Gasteiger partial charge in [0.1, 0.15) is 16.9 Å². The van der Waals surface area contributed by atoms with E-state index in [-0.39, 0.29) is 5.78 Å². The zero-order chi connectivity index (χ0) is 20.1. The van der Waals surface area contributed by atoms with Crippen molar-refractivity contribution in [2.24, 2.45) is 5.10 Å². The summed E-state index contributed by atoms with van der Waals surface area (Å²) in [4.78, 5) is 23.7. The molecule has 2 heterocycles. The molecule has 0 radical (unpaired) electrons. The number of ketones is 1. The molecule has 1 N–H and O–H groups in total. The number of carbonyl (C=O) groups excluding carboxylic acids is 1. The number of hydrogen-bond acceptors (Lipinski definition) is 6. The van der Waals surface area contributed by atoms with Gasteiger partial charge in [0.25, 0.3) is 0 Å². The number of rotatable bonds is 3. The van der Waals surface area contributed by atoms with Crippen molar-refractivity contribution in [3.8, 4) is 10.4 Å². The Morgan fingerprint density at radius 3 is 2.50 bits per heavy atom. The summed E-state index contributed by atoms with van der Waals surface area (Å²) >= 11 is 1.60. The first kappa shape index (κ1) is 17.0. The second-order valence-corrected chi connectivity index (χ2v) is 8.06. The van der Waals surface area contributed by atoms with E-state index < -0.39 is 0 Å². The van der Waals surface area contributed by atoms with E-state index in [1.54, 1.807) is 11.3 Å². The number of hydrogen-bond donors (Lipinski definition) is 1. The Hall–Kier alpha value is -3.90. The predicted octanol–water partition coefficient (Wildman–Crippen LogP) is 5.52. The Labute approximate surface area is 175 Å². The number of fused-ring (bicyclic) bond motifs is 1. The molecule has 0 unspecified atom stereocenters. The van der Waals surface area contributed by atoms with E-state index in [1.807, 2.05) is 54.6 Å². The number of anilines is 1. The lowest BCUT2D eigenvalue weighted by Gasteiger charge is -2.03. The Morgan fingerprint density at radius 1 is 0.867 bits per heavy atom. The van der Waals surface area contributed by atoms with Gasteiger partial charge in [-0.1, -0.05) is 66.7 Å². The SMILES string of the molecule is O=C1/C(=N\Nc2ncnc3sc(-c4ccccc4)cc23)c2cccc3cccc1c23. The van der Waals surface area contributed by atoms with Crippen LogP contribution in [0, 0.1) is 0 Å². The molecule has 1 aliphatic carbocycles. The molecule has 5 aromatic rings. The maximum atomic E-state index is 12.9. The number of nitrogens with one attached hydrogen (secondary N) is 1. The summed E-state index contributed by atoms with van der Waals surface area (Å²) < 4.78 is 0. The fourth-order valence-electron chi connectivity index (χ4n) is 3.89. The van der Waals surface area contributed by atoms with Crippen molar-refractivity contribution in [1.29, 1.82) is 0 Å². The zero-order valence-corrected chi connectivity index (χ0v) is 16.5. The molecule has 1 aliphatic rings. The van der Waals surface area contributed by atoms with Crippen LogP contribution >= 0.6 is 11.3 Å². The van der Waals surface area contributed by atoms with Crippen LogP contribution in [0.5, 0.6) is 0 Å². The van der Waals surface area contributed by atoms with Crippen molar-refractivity contribution in [3.05, 3.63) is 90.3 Å². The Bertz CT molecular complexity index is 1480. The number of aromatic nitrogens is 2. The Kier molecular flexibility index (Phi) is 3.72. The van der Waals surface area contributed by atoms with E-state index in [9.17, 15) is 4.79 Å². The number of carbonyl (C=O) groups is 1. The quantitative estimate of drug-likeness (QED) is 0.400. The molecular weight excluding hydrogens is 392 g/mol. The van der Waals surface area contributed by atoms with Gasteiger partial charge in [0.2, 0.25) is 5.78 Å². The van der Waals surface area contributed by atoms with Gasteiger partial charge in [0.05, 0.1) is 5.39 Å². The van der Waals surface area contributed by atoms with Crippen LogP contribution < -0.4 is 5.43 Å². The third-order valence-corrected chi connectivity index (χ3v) is 6.37. The van der Waals surface area contributed by atoms with Crippen LogP contribution in [0.2, 0.25) is 0 Å². The Balaban J connectivity index is 1.42. The van der Waals surface area contributed by atoms with Gasteiger partial charge < -0.3 is 0 Å². The van der Waals surface area contributed by atoms with E-state index in [1.165, 1.54) is 6.33 Å². The van der Waals surface area contributed by atoms with E-state index in [2.05, 4.69) is 38.7 Å². The first-order valence-electron chi connectivity index (χ1n) is 9.50. The first-order valence-corrected chi connectivity index (χ1v) is 10.3. The lowest BCUT2D eigenvalue weighted by Crippen LogP contribution is -2.11. The largest absolute Gasteiger partial charge is 0.287 e. The molecule has 0 saturated heterocycles. The fourth-order valence-corrected chi connectivity index (χ4v) is 4.89. The molecule has 2 aromatic heterocycles. The van der Waals surface area contributed by atoms with Gasteiger partial charge in [-0.3, -0.25) is 10.2 Å². The lowest BCUT2D eigenvalue weighted by molar-refractivity contribution is 0.107. The van der Waals surface area contributed by atoms with Crippen molar-refractivity contribution < 1.29 is 4.79 Å². The van der Waals surface area contributed by atoms with E-state index in [0.717, 1.165) is 37.0 Å². The zero-order valence-electron chi connectivity index (χ0n) is 15.7. The summed E-state index contributed by atoms with van der Waals surface area (Å²) in [5, 5.41) is 7.36. The smallest absolute Gasteiger partial charge is 0.214 e. The van der Waals surface area contributed by atoms with Gasteiger partial charge in [0.15, 0.2) is 5.82 Å². The van der Waals surface area contributed by atoms with Gasteiger partial charge >= 0.3 is 0 Å². The second-order valence-electron chi connectivity index (χ2n) is 7.03. The number of thiophene rings is 1. The number of benzene rings is 3. The highest BCUT2D eigenvalue weighted by Gasteiger charge is 2.28. The number of nitrogens with zero attached hydrogens (tertiary/aromatic N) is 3. The number of hydrazone groups is 1. The summed E-state index contributed by atoms with van der Waals surface area (Å²) in [5.41, 5.74) is 6.11. The average Bonchev–Trinajstić information content (AvgIpc) is 3.35.